The molecule has 1 aromatic heterocycles. The fraction of sp³-hybridized carbons (Fsp3) is 0.467. The second kappa shape index (κ2) is 7.63. The quantitative estimate of drug-likeness (QED) is 0.411. The largest absolute Gasteiger partial charge is 0.356 e. The van der Waals surface area contributed by atoms with Crippen molar-refractivity contribution in [3.8, 4) is 0 Å². The van der Waals surface area contributed by atoms with Gasteiger partial charge in [-0.3, -0.25) is 4.99 Å². The van der Waals surface area contributed by atoms with Gasteiger partial charge in [0.15, 0.2) is 5.96 Å². The van der Waals surface area contributed by atoms with Gasteiger partial charge in [-0.1, -0.05) is 12.1 Å². The number of imidazole rings is 1. The molecule has 2 aromatic rings. The molecule has 0 atom stereocenters. The number of guanidine groups is 1. The molecule has 0 unspecified atom stereocenters. The Labute approximate surface area is 142 Å². The Balaban J connectivity index is 0.00000161. The van der Waals surface area contributed by atoms with Crippen molar-refractivity contribution in [1.82, 2.24) is 20.6 Å². The Morgan fingerprint density at radius 3 is 2.86 bits per heavy atom. The van der Waals surface area contributed by atoms with E-state index >= 15 is 0 Å². The number of halogens is 1. The molecule has 0 saturated heterocycles. The fourth-order valence-electron chi connectivity index (χ4n) is 2.21. The molecular weight excluding hydrogens is 377 g/mol. The highest BCUT2D eigenvalue weighted by Crippen LogP contribution is 2.27. The fourth-order valence-corrected chi connectivity index (χ4v) is 2.21. The first-order valence-corrected chi connectivity index (χ1v) is 7.23. The summed E-state index contributed by atoms with van der Waals surface area (Å²) in [5.74, 6) is 2.74. The predicted octanol–water partition coefficient (Wildman–Crippen LogP) is 2.30. The smallest absolute Gasteiger partial charge is 0.190 e. The van der Waals surface area contributed by atoms with Crippen LogP contribution in [0.3, 0.4) is 0 Å². The number of rotatable bonds is 5. The Morgan fingerprint density at radius 1 is 1.33 bits per heavy atom. The van der Waals surface area contributed by atoms with E-state index in [4.69, 9.17) is 0 Å². The standard InChI is InChI=1S/C15H21N5.HI/c1-16-15(18-10-11-6-7-11)17-9-8-14-19-12-4-2-3-5-13(12)20-14;/h2-5,11H,6-10H2,1H3,(H,19,20)(H2,16,17,18);1H. The van der Waals surface area contributed by atoms with Crippen molar-refractivity contribution in [1.29, 1.82) is 0 Å². The zero-order chi connectivity index (χ0) is 13.8. The van der Waals surface area contributed by atoms with E-state index in [0.29, 0.717) is 0 Å². The molecule has 1 heterocycles. The number of benzene rings is 1. The molecule has 5 nitrogen and oxygen atoms in total. The van der Waals surface area contributed by atoms with Gasteiger partial charge >= 0.3 is 0 Å². The number of para-hydroxylation sites is 2. The summed E-state index contributed by atoms with van der Waals surface area (Å²) < 4.78 is 0. The molecule has 0 aliphatic heterocycles. The molecular formula is C15H22IN5. The van der Waals surface area contributed by atoms with Crippen molar-refractivity contribution >= 4 is 41.0 Å². The van der Waals surface area contributed by atoms with Gasteiger partial charge in [0.05, 0.1) is 11.0 Å². The molecule has 3 N–H and O–H groups in total. The van der Waals surface area contributed by atoms with Crippen LogP contribution in [0, 0.1) is 5.92 Å². The highest BCUT2D eigenvalue weighted by molar-refractivity contribution is 14.0. The molecule has 0 bridgehead atoms. The van der Waals surface area contributed by atoms with Gasteiger partial charge in [-0.2, -0.15) is 0 Å². The van der Waals surface area contributed by atoms with Crippen molar-refractivity contribution in [3.05, 3.63) is 30.1 Å². The van der Waals surface area contributed by atoms with Crippen LogP contribution in [0.1, 0.15) is 18.7 Å². The van der Waals surface area contributed by atoms with Gasteiger partial charge in [0.1, 0.15) is 5.82 Å². The Kier molecular flexibility index (Phi) is 5.84. The average Bonchev–Trinajstić information content (AvgIpc) is 3.20. The van der Waals surface area contributed by atoms with E-state index < -0.39 is 0 Å². The third-order valence-electron chi connectivity index (χ3n) is 3.57. The van der Waals surface area contributed by atoms with Gasteiger partial charge in [-0.05, 0) is 30.9 Å². The molecule has 1 aliphatic carbocycles. The number of H-pyrrole nitrogens is 1. The summed E-state index contributed by atoms with van der Waals surface area (Å²) in [5, 5.41) is 6.68. The highest BCUT2D eigenvalue weighted by Gasteiger charge is 2.20. The summed E-state index contributed by atoms with van der Waals surface area (Å²) in [6.07, 6.45) is 3.56. The van der Waals surface area contributed by atoms with Crippen LogP contribution in [0.4, 0.5) is 0 Å². The number of aliphatic imine (C=N–C) groups is 1. The van der Waals surface area contributed by atoms with E-state index in [0.717, 1.165) is 48.2 Å². The molecule has 114 valence electrons. The van der Waals surface area contributed by atoms with Crippen molar-refractivity contribution < 1.29 is 0 Å². The zero-order valence-electron chi connectivity index (χ0n) is 12.2. The molecule has 3 rings (SSSR count). The van der Waals surface area contributed by atoms with E-state index in [2.05, 4.69) is 31.7 Å². The van der Waals surface area contributed by atoms with Crippen LogP contribution in [0.25, 0.3) is 11.0 Å². The lowest BCUT2D eigenvalue weighted by atomic mass is 10.3. The molecule has 21 heavy (non-hydrogen) atoms. The minimum absolute atomic E-state index is 0. The van der Waals surface area contributed by atoms with Gasteiger partial charge in [0.25, 0.3) is 0 Å². The normalized spacial score (nSPS) is 14.8. The van der Waals surface area contributed by atoms with E-state index in [9.17, 15) is 0 Å². The van der Waals surface area contributed by atoms with E-state index in [1.807, 2.05) is 25.2 Å². The van der Waals surface area contributed by atoms with Gasteiger partial charge < -0.3 is 15.6 Å². The van der Waals surface area contributed by atoms with Crippen LogP contribution >= 0.6 is 24.0 Å². The van der Waals surface area contributed by atoms with Crippen molar-refractivity contribution in [3.63, 3.8) is 0 Å². The maximum atomic E-state index is 4.56. The van der Waals surface area contributed by atoms with Crippen molar-refractivity contribution in [2.75, 3.05) is 20.1 Å². The topological polar surface area (TPSA) is 65.1 Å². The first-order chi connectivity index (χ1) is 9.85. The SMILES string of the molecule is CN=C(NCCc1nc2ccccc2[nH]1)NCC1CC1.I. The number of nitrogens with one attached hydrogen (secondary N) is 3. The Hall–Kier alpha value is -1.31. The first-order valence-electron chi connectivity index (χ1n) is 7.23. The zero-order valence-corrected chi connectivity index (χ0v) is 14.6. The summed E-state index contributed by atoms with van der Waals surface area (Å²) in [5.41, 5.74) is 2.12. The van der Waals surface area contributed by atoms with Crippen molar-refractivity contribution in [2.24, 2.45) is 10.9 Å². The Morgan fingerprint density at radius 2 is 2.14 bits per heavy atom. The van der Waals surface area contributed by atoms with Gasteiger partial charge in [-0.15, -0.1) is 24.0 Å². The number of nitrogens with zero attached hydrogens (tertiary/aromatic N) is 2. The number of hydrogen-bond acceptors (Lipinski definition) is 2. The van der Waals surface area contributed by atoms with Crippen LogP contribution in [-0.4, -0.2) is 36.1 Å². The minimum Gasteiger partial charge on any atom is -0.356 e. The second-order valence-electron chi connectivity index (χ2n) is 5.27. The number of aromatic amines is 1. The summed E-state index contributed by atoms with van der Waals surface area (Å²) in [6.45, 7) is 1.86. The van der Waals surface area contributed by atoms with Crippen LogP contribution in [-0.2, 0) is 6.42 Å². The molecule has 0 spiro atoms. The third kappa shape index (κ3) is 4.59. The molecule has 0 amide bonds. The van der Waals surface area contributed by atoms with Gasteiger partial charge in [-0.25, -0.2) is 4.98 Å². The molecule has 1 aliphatic rings. The van der Waals surface area contributed by atoms with Gasteiger partial charge in [0, 0.05) is 26.6 Å². The van der Waals surface area contributed by atoms with Crippen LogP contribution in [0.5, 0.6) is 0 Å². The van der Waals surface area contributed by atoms with Crippen molar-refractivity contribution in [2.45, 2.75) is 19.3 Å². The number of aromatic nitrogens is 2. The number of fused-ring (bicyclic) bond motifs is 1. The Bertz CT molecular complexity index is 570. The van der Waals surface area contributed by atoms with E-state index in [1.165, 1.54) is 12.8 Å². The van der Waals surface area contributed by atoms with E-state index in [-0.39, 0.29) is 24.0 Å². The molecule has 1 fully saturated rings. The van der Waals surface area contributed by atoms with E-state index in [1.54, 1.807) is 0 Å². The third-order valence-corrected chi connectivity index (χ3v) is 3.57. The van der Waals surface area contributed by atoms with Crippen LogP contribution in [0.2, 0.25) is 0 Å². The predicted molar refractivity (Wildman–Crippen MR) is 97.3 cm³/mol. The van der Waals surface area contributed by atoms with Crippen LogP contribution < -0.4 is 10.6 Å². The summed E-state index contributed by atoms with van der Waals surface area (Å²) in [4.78, 5) is 12.1. The highest BCUT2D eigenvalue weighted by atomic mass is 127. The van der Waals surface area contributed by atoms with Gasteiger partial charge in [0.2, 0.25) is 0 Å². The minimum atomic E-state index is 0. The molecule has 1 aromatic carbocycles. The lowest BCUT2D eigenvalue weighted by molar-refractivity contribution is 0.729. The van der Waals surface area contributed by atoms with Crippen LogP contribution in [0.15, 0.2) is 29.3 Å². The summed E-state index contributed by atoms with van der Waals surface area (Å²) in [6, 6.07) is 8.11. The molecule has 1 saturated carbocycles. The number of hydrogen-bond donors (Lipinski definition) is 3. The second-order valence-corrected chi connectivity index (χ2v) is 5.27. The maximum Gasteiger partial charge on any atom is 0.190 e. The maximum absolute atomic E-state index is 4.56. The molecule has 0 radical (unpaired) electrons. The summed E-state index contributed by atoms with van der Waals surface area (Å²) in [7, 11) is 1.81. The first kappa shape index (κ1) is 16.1. The summed E-state index contributed by atoms with van der Waals surface area (Å²) >= 11 is 0. The monoisotopic (exact) mass is 399 g/mol. The molecule has 6 heteroatoms. The lowest BCUT2D eigenvalue weighted by Gasteiger charge is -2.10. The average molecular weight is 399 g/mol. The lowest BCUT2D eigenvalue weighted by Crippen LogP contribution is -2.39.